The summed E-state index contributed by atoms with van der Waals surface area (Å²) in [6.45, 7) is 0. The number of carbonyl (C=O) groups excluding carboxylic acids is 2. The molecule has 4 aliphatic carbocycles. The summed E-state index contributed by atoms with van der Waals surface area (Å²) in [5.41, 5.74) is 0.767. The number of methoxy groups -OCH3 is 1. The number of aromatic nitrogens is 3. The van der Waals surface area contributed by atoms with Crippen LogP contribution in [0.1, 0.15) is 38.5 Å². The van der Waals surface area contributed by atoms with E-state index < -0.39 is 0 Å². The minimum atomic E-state index is -0.374. The summed E-state index contributed by atoms with van der Waals surface area (Å²) in [7, 11) is 1.62. The van der Waals surface area contributed by atoms with Crippen molar-refractivity contribution in [2.45, 2.75) is 49.2 Å². The highest BCUT2D eigenvalue weighted by Gasteiger charge is 2.51. The quantitative estimate of drug-likeness (QED) is 0.593. The van der Waals surface area contributed by atoms with E-state index in [1.165, 1.54) is 31.0 Å². The standard InChI is InChI=1S/C22H27N5O3S/c1-30-17-4-2-16(3-5-17)19-24-21(27-26-19)31-12-18(28)23-20(29)25-22-9-13-6-14(10-22)8-15(7-13)11-22/h2-5,13-15H,6-12H2,1H3,(H,24,26,27)(H2,23,25,28,29). The molecule has 0 aliphatic heterocycles. The monoisotopic (exact) mass is 441 g/mol. The first kappa shape index (κ1) is 20.4. The zero-order valence-corrected chi connectivity index (χ0v) is 18.3. The summed E-state index contributed by atoms with van der Waals surface area (Å²) >= 11 is 1.19. The second kappa shape index (κ2) is 8.18. The van der Waals surface area contributed by atoms with E-state index in [-0.39, 0.29) is 23.2 Å². The molecule has 1 heterocycles. The molecular weight excluding hydrogens is 414 g/mol. The van der Waals surface area contributed by atoms with Crippen molar-refractivity contribution < 1.29 is 14.3 Å². The highest BCUT2D eigenvalue weighted by molar-refractivity contribution is 7.99. The van der Waals surface area contributed by atoms with Gasteiger partial charge in [-0.2, -0.15) is 0 Å². The van der Waals surface area contributed by atoms with Crippen LogP contribution in [0, 0.1) is 17.8 Å². The number of amides is 3. The summed E-state index contributed by atoms with van der Waals surface area (Å²) in [6.07, 6.45) is 7.11. The normalized spacial score (nSPS) is 28.4. The maximum Gasteiger partial charge on any atom is 0.321 e. The van der Waals surface area contributed by atoms with Crippen LogP contribution in [0.15, 0.2) is 29.4 Å². The Morgan fingerprint density at radius 1 is 1.13 bits per heavy atom. The van der Waals surface area contributed by atoms with Crippen LogP contribution in [0.25, 0.3) is 11.4 Å². The summed E-state index contributed by atoms with van der Waals surface area (Å²) in [5, 5.41) is 13.1. The summed E-state index contributed by atoms with van der Waals surface area (Å²) in [6, 6.07) is 7.09. The lowest BCUT2D eigenvalue weighted by Gasteiger charge is -2.56. The molecule has 4 bridgehead atoms. The Hall–Kier alpha value is -2.55. The molecule has 0 atom stereocenters. The number of nitrogens with one attached hydrogen (secondary N) is 3. The van der Waals surface area contributed by atoms with Crippen LogP contribution in [0.4, 0.5) is 4.79 Å². The fourth-order valence-electron chi connectivity index (χ4n) is 6.02. The molecule has 9 heteroatoms. The molecule has 0 radical (unpaired) electrons. The molecule has 6 rings (SSSR count). The lowest BCUT2D eigenvalue weighted by molar-refractivity contribution is -0.117. The number of aromatic amines is 1. The van der Waals surface area contributed by atoms with Crippen molar-refractivity contribution in [2.75, 3.05) is 12.9 Å². The minimum absolute atomic E-state index is 0.0776. The topological polar surface area (TPSA) is 109 Å². The van der Waals surface area contributed by atoms with Crippen molar-refractivity contribution in [3.05, 3.63) is 24.3 Å². The number of benzene rings is 1. The van der Waals surface area contributed by atoms with E-state index in [1.807, 2.05) is 24.3 Å². The van der Waals surface area contributed by atoms with Crippen LogP contribution < -0.4 is 15.4 Å². The first-order chi connectivity index (χ1) is 15.0. The van der Waals surface area contributed by atoms with Crippen molar-refractivity contribution in [3.63, 3.8) is 0 Å². The van der Waals surface area contributed by atoms with E-state index in [1.54, 1.807) is 7.11 Å². The summed E-state index contributed by atoms with van der Waals surface area (Å²) < 4.78 is 5.16. The maximum atomic E-state index is 12.5. The van der Waals surface area contributed by atoms with E-state index in [2.05, 4.69) is 25.8 Å². The number of imide groups is 1. The van der Waals surface area contributed by atoms with Gasteiger partial charge in [-0.3, -0.25) is 15.2 Å². The van der Waals surface area contributed by atoms with Crippen LogP contribution in [0.2, 0.25) is 0 Å². The van der Waals surface area contributed by atoms with Crippen LogP contribution in [-0.4, -0.2) is 45.5 Å². The third-order valence-corrected chi connectivity index (χ3v) is 7.68. The zero-order valence-electron chi connectivity index (χ0n) is 17.5. The fraction of sp³-hybridized carbons (Fsp3) is 0.545. The molecule has 3 N–H and O–H groups in total. The Morgan fingerprint density at radius 3 is 2.39 bits per heavy atom. The molecule has 4 aliphatic rings. The van der Waals surface area contributed by atoms with Crippen LogP contribution in [0.3, 0.4) is 0 Å². The number of rotatable bonds is 6. The van der Waals surface area contributed by atoms with Crippen LogP contribution in [-0.2, 0) is 4.79 Å². The Balaban J connectivity index is 1.11. The summed E-state index contributed by atoms with van der Waals surface area (Å²) in [4.78, 5) is 29.2. The molecule has 1 aromatic carbocycles. The molecule has 2 aromatic rings. The van der Waals surface area contributed by atoms with Gasteiger partial charge in [-0.1, -0.05) is 11.8 Å². The van der Waals surface area contributed by atoms with Crippen LogP contribution >= 0.6 is 11.8 Å². The van der Waals surface area contributed by atoms with Gasteiger partial charge in [-0.05, 0) is 80.5 Å². The zero-order chi connectivity index (χ0) is 21.4. The molecular formula is C22H27N5O3S. The van der Waals surface area contributed by atoms with Crippen molar-refractivity contribution >= 4 is 23.7 Å². The van der Waals surface area contributed by atoms with Gasteiger partial charge in [0.2, 0.25) is 11.1 Å². The average molecular weight is 442 g/mol. The van der Waals surface area contributed by atoms with Gasteiger partial charge in [0.15, 0.2) is 5.82 Å². The van der Waals surface area contributed by atoms with Crippen molar-refractivity contribution in [3.8, 4) is 17.1 Å². The third kappa shape index (κ3) is 4.42. The average Bonchev–Trinajstić information content (AvgIpc) is 3.20. The van der Waals surface area contributed by atoms with Gasteiger partial charge >= 0.3 is 6.03 Å². The van der Waals surface area contributed by atoms with Gasteiger partial charge in [0.25, 0.3) is 0 Å². The molecule has 4 saturated carbocycles. The maximum absolute atomic E-state index is 12.5. The van der Waals surface area contributed by atoms with Gasteiger partial charge < -0.3 is 10.1 Å². The molecule has 31 heavy (non-hydrogen) atoms. The SMILES string of the molecule is COc1ccc(-c2nc(SCC(=O)NC(=O)NC34CC5CC(CC(C5)C3)C4)n[nH]2)cc1. The van der Waals surface area contributed by atoms with E-state index in [0.717, 1.165) is 48.3 Å². The Kier molecular flexibility index (Phi) is 5.37. The largest absolute Gasteiger partial charge is 0.497 e. The van der Waals surface area contributed by atoms with Gasteiger partial charge in [-0.25, -0.2) is 9.78 Å². The van der Waals surface area contributed by atoms with Gasteiger partial charge in [0.1, 0.15) is 5.75 Å². The molecule has 0 unspecified atom stereocenters. The van der Waals surface area contributed by atoms with Crippen molar-refractivity contribution in [1.29, 1.82) is 0 Å². The number of H-pyrrole nitrogens is 1. The first-order valence-electron chi connectivity index (χ1n) is 10.8. The second-order valence-corrected chi connectivity index (χ2v) is 10.1. The van der Waals surface area contributed by atoms with Crippen LogP contribution in [0.5, 0.6) is 5.75 Å². The minimum Gasteiger partial charge on any atom is -0.497 e. The molecule has 4 fully saturated rings. The number of thioether (sulfide) groups is 1. The molecule has 3 amide bonds. The van der Waals surface area contributed by atoms with E-state index in [9.17, 15) is 9.59 Å². The second-order valence-electron chi connectivity index (χ2n) is 9.18. The lowest BCUT2D eigenvalue weighted by atomic mass is 9.53. The van der Waals surface area contributed by atoms with Gasteiger partial charge in [0.05, 0.1) is 12.9 Å². The molecule has 8 nitrogen and oxygen atoms in total. The Labute approximate surface area is 185 Å². The fourth-order valence-corrected chi connectivity index (χ4v) is 6.62. The smallest absolute Gasteiger partial charge is 0.321 e. The molecule has 1 aromatic heterocycles. The van der Waals surface area contributed by atoms with E-state index in [4.69, 9.17) is 4.74 Å². The predicted octanol–water partition coefficient (Wildman–Crippen LogP) is 3.37. The van der Waals surface area contributed by atoms with E-state index in [0.29, 0.717) is 11.0 Å². The third-order valence-electron chi connectivity index (χ3n) is 6.83. The lowest BCUT2D eigenvalue weighted by Crippen LogP contribution is -2.61. The Morgan fingerprint density at radius 2 is 1.77 bits per heavy atom. The number of nitrogens with zero attached hydrogens (tertiary/aromatic N) is 2. The highest BCUT2D eigenvalue weighted by Crippen LogP contribution is 2.55. The Bertz CT molecular complexity index is 938. The molecule has 0 spiro atoms. The van der Waals surface area contributed by atoms with Crippen molar-refractivity contribution in [2.24, 2.45) is 17.8 Å². The van der Waals surface area contributed by atoms with Gasteiger partial charge in [-0.15, -0.1) is 5.10 Å². The number of ether oxygens (including phenoxy) is 1. The number of hydrogen-bond acceptors (Lipinski definition) is 6. The molecule has 0 saturated heterocycles. The van der Waals surface area contributed by atoms with Gasteiger partial charge in [0, 0.05) is 11.1 Å². The number of urea groups is 1. The predicted molar refractivity (Wildman–Crippen MR) is 117 cm³/mol. The number of carbonyl (C=O) groups is 2. The molecule has 164 valence electrons. The van der Waals surface area contributed by atoms with E-state index >= 15 is 0 Å². The first-order valence-corrected chi connectivity index (χ1v) is 11.8. The summed E-state index contributed by atoms with van der Waals surface area (Å²) in [5.74, 6) is 3.33. The van der Waals surface area contributed by atoms with Crippen molar-refractivity contribution in [1.82, 2.24) is 25.8 Å². The highest BCUT2D eigenvalue weighted by atomic mass is 32.2. The number of hydrogen-bond donors (Lipinski definition) is 3.